The van der Waals surface area contributed by atoms with Crippen molar-refractivity contribution in [2.24, 2.45) is 11.7 Å². The van der Waals surface area contributed by atoms with E-state index in [1.165, 1.54) is 5.57 Å². The maximum Gasteiger partial charge on any atom is 0.0103 e. The second-order valence-electron chi connectivity index (χ2n) is 4.59. The van der Waals surface area contributed by atoms with E-state index in [1.807, 2.05) is 32.1 Å². The molecule has 0 heterocycles. The highest BCUT2D eigenvalue weighted by molar-refractivity contribution is 5.25. The molecule has 84 valence electrons. The van der Waals surface area contributed by atoms with Gasteiger partial charge in [0, 0.05) is 5.54 Å². The van der Waals surface area contributed by atoms with Crippen LogP contribution in [-0.4, -0.2) is 5.54 Å². The van der Waals surface area contributed by atoms with Crippen molar-refractivity contribution in [3.8, 4) is 0 Å². The Morgan fingerprint density at radius 3 is 2.33 bits per heavy atom. The molecule has 0 aliphatic carbocycles. The molecule has 0 saturated carbocycles. The van der Waals surface area contributed by atoms with Crippen molar-refractivity contribution in [2.75, 3.05) is 0 Å². The van der Waals surface area contributed by atoms with Crippen LogP contribution in [0.4, 0.5) is 0 Å². The van der Waals surface area contributed by atoms with E-state index in [0.29, 0.717) is 5.92 Å². The second-order valence-corrected chi connectivity index (χ2v) is 4.59. The van der Waals surface area contributed by atoms with Gasteiger partial charge in [-0.25, -0.2) is 0 Å². The Morgan fingerprint density at radius 2 is 1.93 bits per heavy atom. The van der Waals surface area contributed by atoms with E-state index in [4.69, 9.17) is 5.73 Å². The first-order valence-corrected chi connectivity index (χ1v) is 5.31. The molecule has 2 N–H and O–H groups in total. The summed E-state index contributed by atoms with van der Waals surface area (Å²) < 4.78 is 0. The fourth-order valence-corrected chi connectivity index (χ4v) is 1.59. The van der Waals surface area contributed by atoms with Crippen LogP contribution < -0.4 is 5.73 Å². The lowest BCUT2D eigenvalue weighted by Crippen LogP contribution is -2.34. The first-order valence-electron chi connectivity index (χ1n) is 5.31. The number of rotatable bonds is 6. The Hall–Kier alpha value is -1.08. The van der Waals surface area contributed by atoms with Crippen molar-refractivity contribution in [3.63, 3.8) is 0 Å². The van der Waals surface area contributed by atoms with E-state index in [9.17, 15) is 0 Å². The van der Waals surface area contributed by atoms with Gasteiger partial charge >= 0.3 is 0 Å². The average molecular weight is 205 g/mol. The molecule has 0 aromatic rings. The Kier molecular flexibility index (Phi) is 5.95. The smallest absolute Gasteiger partial charge is 0.0103 e. The van der Waals surface area contributed by atoms with Crippen LogP contribution in [0.25, 0.3) is 0 Å². The molecule has 0 radical (unpaired) electrons. The Balaban J connectivity index is 4.53. The van der Waals surface area contributed by atoms with Gasteiger partial charge in [0.1, 0.15) is 0 Å². The lowest BCUT2D eigenvalue weighted by molar-refractivity contribution is 0.415. The molecular formula is C14H23N. The summed E-state index contributed by atoms with van der Waals surface area (Å²) in [4.78, 5) is 0. The lowest BCUT2D eigenvalue weighted by Gasteiger charge is -2.23. The van der Waals surface area contributed by atoms with E-state index >= 15 is 0 Å². The topological polar surface area (TPSA) is 26.0 Å². The molecule has 15 heavy (non-hydrogen) atoms. The van der Waals surface area contributed by atoms with Crippen molar-refractivity contribution >= 4 is 0 Å². The molecule has 0 bridgehead atoms. The van der Waals surface area contributed by atoms with Crippen molar-refractivity contribution < 1.29 is 0 Å². The largest absolute Gasteiger partial charge is 0.326 e. The number of hydrogen-bond acceptors (Lipinski definition) is 1. The van der Waals surface area contributed by atoms with Gasteiger partial charge in [0.05, 0.1) is 0 Å². The molecule has 0 aliphatic heterocycles. The zero-order valence-corrected chi connectivity index (χ0v) is 10.2. The number of hydrogen-bond donors (Lipinski definition) is 1. The standard InChI is InChI=1S/C14H23N/c1-6-8-9-10-13(7-2)12(3)11-14(4,5)15/h6-10,12H,1-2,11,15H2,3-5H3/b9-8-,13-10+. The first-order chi connectivity index (χ1) is 6.90. The van der Waals surface area contributed by atoms with Crippen LogP contribution in [0.5, 0.6) is 0 Å². The molecule has 0 saturated heterocycles. The molecule has 0 fully saturated rings. The molecule has 1 nitrogen and oxygen atoms in total. The third kappa shape index (κ3) is 6.92. The fraction of sp³-hybridized carbons (Fsp3) is 0.429. The minimum atomic E-state index is -0.135. The number of nitrogens with two attached hydrogens (primary N) is 1. The molecular weight excluding hydrogens is 182 g/mol. The lowest BCUT2D eigenvalue weighted by atomic mass is 9.87. The second kappa shape index (κ2) is 6.41. The predicted molar refractivity (Wildman–Crippen MR) is 69.7 cm³/mol. The number of allylic oxidation sites excluding steroid dienone is 6. The van der Waals surface area contributed by atoms with E-state index in [2.05, 4.69) is 26.2 Å². The quantitative estimate of drug-likeness (QED) is 0.659. The van der Waals surface area contributed by atoms with Gasteiger partial charge < -0.3 is 5.73 Å². The highest BCUT2D eigenvalue weighted by Gasteiger charge is 2.16. The van der Waals surface area contributed by atoms with Crippen molar-refractivity contribution in [2.45, 2.75) is 32.7 Å². The average Bonchev–Trinajstić information content (AvgIpc) is 2.09. The van der Waals surface area contributed by atoms with Gasteiger partial charge in [0.25, 0.3) is 0 Å². The summed E-state index contributed by atoms with van der Waals surface area (Å²) in [6.45, 7) is 13.7. The van der Waals surface area contributed by atoms with Crippen LogP contribution in [0, 0.1) is 5.92 Å². The summed E-state index contributed by atoms with van der Waals surface area (Å²) >= 11 is 0. The molecule has 0 amide bonds. The summed E-state index contributed by atoms with van der Waals surface area (Å²) in [7, 11) is 0. The van der Waals surface area contributed by atoms with Gasteiger partial charge in [-0.15, -0.1) is 0 Å². The van der Waals surface area contributed by atoms with E-state index < -0.39 is 0 Å². The normalized spacial score (nSPS) is 15.3. The van der Waals surface area contributed by atoms with Gasteiger partial charge in [0.2, 0.25) is 0 Å². The maximum atomic E-state index is 5.99. The summed E-state index contributed by atoms with van der Waals surface area (Å²) in [6.07, 6.45) is 10.5. The van der Waals surface area contributed by atoms with Gasteiger partial charge in [-0.05, 0) is 31.8 Å². The van der Waals surface area contributed by atoms with Crippen molar-refractivity contribution in [1.29, 1.82) is 0 Å². The van der Waals surface area contributed by atoms with Crippen LogP contribution in [0.15, 0.2) is 49.1 Å². The van der Waals surface area contributed by atoms with Crippen LogP contribution >= 0.6 is 0 Å². The molecule has 1 atom stereocenters. The molecule has 0 rings (SSSR count). The predicted octanol–water partition coefficient (Wildman–Crippen LogP) is 3.60. The van der Waals surface area contributed by atoms with Crippen LogP contribution in [0.3, 0.4) is 0 Å². The Bertz CT molecular complexity index is 264. The summed E-state index contributed by atoms with van der Waals surface area (Å²) in [5.74, 6) is 0.428. The molecule has 0 aromatic carbocycles. The van der Waals surface area contributed by atoms with Gasteiger partial charge in [-0.3, -0.25) is 0 Å². The van der Waals surface area contributed by atoms with Crippen molar-refractivity contribution in [1.82, 2.24) is 0 Å². The minimum Gasteiger partial charge on any atom is -0.326 e. The Morgan fingerprint density at radius 1 is 1.33 bits per heavy atom. The highest BCUT2D eigenvalue weighted by Crippen LogP contribution is 2.21. The zero-order chi connectivity index (χ0) is 11.9. The molecule has 0 spiro atoms. The molecule has 1 heteroatoms. The minimum absolute atomic E-state index is 0.135. The van der Waals surface area contributed by atoms with E-state index in [1.54, 1.807) is 6.08 Å². The van der Waals surface area contributed by atoms with Gasteiger partial charge in [0.15, 0.2) is 0 Å². The molecule has 0 aliphatic rings. The third-order valence-electron chi connectivity index (χ3n) is 2.17. The molecule has 1 unspecified atom stereocenters. The Labute approximate surface area is 94.1 Å². The highest BCUT2D eigenvalue weighted by atomic mass is 14.7. The summed E-state index contributed by atoms with van der Waals surface area (Å²) in [5.41, 5.74) is 7.07. The van der Waals surface area contributed by atoms with Gasteiger partial charge in [-0.2, -0.15) is 0 Å². The van der Waals surface area contributed by atoms with E-state index in [0.717, 1.165) is 6.42 Å². The molecule has 0 aromatic heterocycles. The van der Waals surface area contributed by atoms with Crippen LogP contribution in [0.2, 0.25) is 0 Å². The maximum absolute atomic E-state index is 5.99. The fourth-order valence-electron chi connectivity index (χ4n) is 1.59. The zero-order valence-electron chi connectivity index (χ0n) is 10.2. The van der Waals surface area contributed by atoms with Crippen LogP contribution in [0.1, 0.15) is 27.2 Å². The van der Waals surface area contributed by atoms with Gasteiger partial charge in [-0.1, -0.05) is 50.5 Å². The van der Waals surface area contributed by atoms with Crippen molar-refractivity contribution in [3.05, 3.63) is 49.1 Å². The summed E-state index contributed by atoms with van der Waals surface area (Å²) in [5, 5.41) is 0. The first kappa shape index (κ1) is 13.9. The monoisotopic (exact) mass is 205 g/mol. The van der Waals surface area contributed by atoms with E-state index in [-0.39, 0.29) is 5.54 Å². The third-order valence-corrected chi connectivity index (χ3v) is 2.17. The SMILES string of the molecule is C=C/C=C\C=C(/C=C)C(C)CC(C)(C)N. The van der Waals surface area contributed by atoms with Crippen LogP contribution in [-0.2, 0) is 0 Å². The summed E-state index contributed by atoms with van der Waals surface area (Å²) in [6, 6.07) is 0.